The second-order valence-electron chi connectivity index (χ2n) is 5.00. The summed E-state index contributed by atoms with van der Waals surface area (Å²) in [4.78, 5) is 15.1. The lowest BCUT2D eigenvalue weighted by Gasteiger charge is -2.08. The van der Waals surface area contributed by atoms with Gasteiger partial charge >= 0.3 is 0 Å². The Balaban J connectivity index is 1.64. The zero-order chi connectivity index (χ0) is 15.5. The van der Waals surface area contributed by atoms with E-state index in [1.165, 1.54) is 18.2 Å². The van der Waals surface area contributed by atoms with Crippen molar-refractivity contribution < 1.29 is 9.18 Å². The van der Waals surface area contributed by atoms with Gasteiger partial charge in [0.15, 0.2) is 0 Å². The summed E-state index contributed by atoms with van der Waals surface area (Å²) >= 11 is 5.87. The summed E-state index contributed by atoms with van der Waals surface area (Å²) < 4.78 is 13.6. The zero-order valence-electron chi connectivity index (χ0n) is 11.7. The van der Waals surface area contributed by atoms with Crippen LogP contribution in [0.3, 0.4) is 0 Å². The molecule has 0 fully saturated rings. The van der Waals surface area contributed by atoms with Crippen LogP contribution >= 0.6 is 11.6 Å². The molecule has 0 atom stereocenters. The van der Waals surface area contributed by atoms with Crippen LogP contribution in [0.4, 0.5) is 4.39 Å². The first-order chi connectivity index (χ1) is 10.6. The number of benzene rings is 2. The molecule has 0 bridgehead atoms. The minimum Gasteiger partial charge on any atom is -0.361 e. The maximum absolute atomic E-state index is 13.6. The van der Waals surface area contributed by atoms with Crippen LogP contribution in [-0.2, 0) is 6.42 Å². The van der Waals surface area contributed by atoms with E-state index in [1.54, 1.807) is 0 Å². The Labute approximate surface area is 132 Å². The van der Waals surface area contributed by atoms with Gasteiger partial charge in [0.1, 0.15) is 5.82 Å². The molecule has 5 heteroatoms. The molecule has 0 radical (unpaired) electrons. The number of H-pyrrole nitrogens is 1. The van der Waals surface area contributed by atoms with Crippen LogP contribution in [0.5, 0.6) is 0 Å². The number of amides is 1. The van der Waals surface area contributed by atoms with Crippen LogP contribution in [0.2, 0.25) is 5.02 Å². The molecule has 0 saturated heterocycles. The highest BCUT2D eigenvalue weighted by Gasteiger charge is 2.14. The lowest BCUT2D eigenvalue weighted by atomic mass is 10.1. The van der Waals surface area contributed by atoms with Gasteiger partial charge in [0.2, 0.25) is 0 Å². The number of rotatable bonds is 4. The third-order valence-corrected chi connectivity index (χ3v) is 3.82. The fourth-order valence-electron chi connectivity index (χ4n) is 2.38. The summed E-state index contributed by atoms with van der Waals surface area (Å²) in [6.45, 7) is 0.416. The summed E-state index contributed by atoms with van der Waals surface area (Å²) in [5, 5.41) is 3.94. The molecule has 1 heterocycles. The Bertz CT molecular complexity index is 808. The van der Waals surface area contributed by atoms with Gasteiger partial charge in [0, 0.05) is 18.3 Å². The summed E-state index contributed by atoms with van der Waals surface area (Å²) in [6, 6.07) is 12.3. The summed E-state index contributed by atoms with van der Waals surface area (Å²) in [5.74, 6) is -1.11. The van der Waals surface area contributed by atoms with Gasteiger partial charge in [-0.2, -0.15) is 0 Å². The number of aromatic amines is 1. The van der Waals surface area contributed by atoms with Crippen LogP contribution in [0.1, 0.15) is 15.9 Å². The van der Waals surface area contributed by atoms with Crippen molar-refractivity contribution in [2.75, 3.05) is 6.54 Å². The lowest BCUT2D eigenvalue weighted by Crippen LogP contribution is -2.26. The highest BCUT2D eigenvalue weighted by atomic mass is 35.5. The van der Waals surface area contributed by atoms with Gasteiger partial charge in [0.25, 0.3) is 5.91 Å². The van der Waals surface area contributed by atoms with Crippen molar-refractivity contribution in [2.45, 2.75) is 6.42 Å². The topological polar surface area (TPSA) is 44.9 Å². The van der Waals surface area contributed by atoms with Gasteiger partial charge in [-0.05, 0) is 47.7 Å². The normalized spacial score (nSPS) is 10.8. The second kappa shape index (κ2) is 6.20. The highest BCUT2D eigenvalue weighted by molar-refractivity contribution is 6.33. The number of hydrogen-bond donors (Lipinski definition) is 2. The van der Waals surface area contributed by atoms with E-state index in [9.17, 15) is 9.18 Å². The number of hydrogen-bond acceptors (Lipinski definition) is 1. The Morgan fingerprint density at radius 2 is 2.09 bits per heavy atom. The molecular formula is C17H14ClFN2O. The molecule has 1 amide bonds. The molecule has 3 aromatic rings. The van der Waals surface area contributed by atoms with E-state index >= 15 is 0 Å². The molecule has 0 unspecified atom stereocenters. The Hall–Kier alpha value is -2.33. The van der Waals surface area contributed by atoms with Crippen LogP contribution in [0.25, 0.3) is 10.9 Å². The van der Waals surface area contributed by atoms with Gasteiger partial charge in [-0.15, -0.1) is 0 Å². The van der Waals surface area contributed by atoms with Crippen molar-refractivity contribution in [3.8, 4) is 0 Å². The molecule has 2 aromatic carbocycles. The monoisotopic (exact) mass is 316 g/mol. The summed E-state index contributed by atoms with van der Waals surface area (Å²) in [6.07, 6.45) is 2.55. The van der Waals surface area contributed by atoms with E-state index in [4.69, 9.17) is 11.6 Å². The predicted octanol–water partition coefficient (Wildman–Crippen LogP) is 3.93. The van der Waals surface area contributed by atoms with Crippen molar-refractivity contribution in [3.05, 3.63) is 70.6 Å². The minimum atomic E-state index is -0.612. The van der Waals surface area contributed by atoms with E-state index in [1.807, 2.05) is 24.4 Å². The maximum atomic E-state index is 13.6. The first-order valence-electron chi connectivity index (χ1n) is 6.93. The average molecular weight is 317 g/mol. The molecule has 112 valence electrons. The Morgan fingerprint density at radius 1 is 1.23 bits per heavy atom. The maximum Gasteiger partial charge on any atom is 0.255 e. The van der Waals surface area contributed by atoms with Crippen molar-refractivity contribution in [2.24, 2.45) is 0 Å². The van der Waals surface area contributed by atoms with Crippen molar-refractivity contribution in [3.63, 3.8) is 0 Å². The number of halogens is 2. The molecule has 0 spiro atoms. The number of nitrogens with one attached hydrogen (secondary N) is 2. The van der Waals surface area contributed by atoms with Gasteiger partial charge in [0.05, 0.1) is 10.6 Å². The molecule has 0 aliphatic carbocycles. The van der Waals surface area contributed by atoms with Gasteiger partial charge in [-0.3, -0.25) is 4.79 Å². The number of fused-ring (bicyclic) bond motifs is 1. The Kier molecular flexibility index (Phi) is 4.11. The molecule has 3 nitrogen and oxygen atoms in total. The second-order valence-corrected chi connectivity index (χ2v) is 5.41. The SMILES string of the molecule is O=C(NCCc1ccc2[nH]ccc2c1)c1c(F)cccc1Cl. The summed E-state index contributed by atoms with van der Waals surface area (Å²) in [7, 11) is 0. The fourth-order valence-corrected chi connectivity index (χ4v) is 2.63. The average Bonchev–Trinajstić information content (AvgIpc) is 2.94. The van der Waals surface area contributed by atoms with Crippen molar-refractivity contribution in [1.82, 2.24) is 10.3 Å². The molecule has 2 N–H and O–H groups in total. The quantitative estimate of drug-likeness (QED) is 0.752. The molecule has 22 heavy (non-hydrogen) atoms. The fraction of sp³-hybridized carbons (Fsp3) is 0.118. The zero-order valence-corrected chi connectivity index (χ0v) is 12.5. The predicted molar refractivity (Wildman–Crippen MR) is 85.7 cm³/mol. The number of aromatic nitrogens is 1. The minimum absolute atomic E-state index is 0.106. The van der Waals surface area contributed by atoms with Gasteiger partial charge in [-0.1, -0.05) is 23.7 Å². The van der Waals surface area contributed by atoms with Crippen LogP contribution in [-0.4, -0.2) is 17.4 Å². The van der Waals surface area contributed by atoms with E-state index in [-0.39, 0.29) is 10.6 Å². The third kappa shape index (κ3) is 2.97. The smallest absolute Gasteiger partial charge is 0.255 e. The summed E-state index contributed by atoms with van der Waals surface area (Å²) in [5.41, 5.74) is 2.07. The third-order valence-electron chi connectivity index (χ3n) is 3.51. The van der Waals surface area contributed by atoms with E-state index in [0.717, 1.165) is 16.5 Å². The molecule has 0 aliphatic heterocycles. The van der Waals surface area contributed by atoms with Crippen LogP contribution in [0.15, 0.2) is 48.7 Å². The molecular weight excluding hydrogens is 303 g/mol. The first-order valence-corrected chi connectivity index (χ1v) is 7.31. The van der Waals surface area contributed by atoms with Crippen molar-refractivity contribution in [1.29, 1.82) is 0 Å². The van der Waals surface area contributed by atoms with E-state index in [2.05, 4.69) is 16.4 Å². The number of carbonyl (C=O) groups excluding carboxylic acids is 1. The van der Waals surface area contributed by atoms with E-state index < -0.39 is 11.7 Å². The molecule has 1 aromatic heterocycles. The van der Waals surface area contributed by atoms with E-state index in [0.29, 0.717) is 13.0 Å². The first kappa shape index (κ1) is 14.6. The Morgan fingerprint density at radius 3 is 2.91 bits per heavy atom. The lowest BCUT2D eigenvalue weighted by molar-refractivity contribution is 0.0950. The largest absolute Gasteiger partial charge is 0.361 e. The van der Waals surface area contributed by atoms with Crippen molar-refractivity contribution >= 4 is 28.4 Å². The standard InChI is InChI=1S/C17H14ClFN2O/c18-13-2-1-3-14(19)16(13)17(22)21-8-6-11-4-5-15-12(10-11)7-9-20-15/h1-5,7,9-10,20H,6,8H2,(H,21,22). The van der Waals surface area contributed by atoms with Gasteiger partial charge in [-0.25, -0.2) is 4.39 Å². The molecule has 0 aliphatic rings. The van der Waals surface area contributed by atoms with Crippen LogP contribution in [0, 0.1) is 5.82 Å². The molecule has 3 rings (SSSR count). The highest BCUT2D eigenvalue weighted by Crippen LogP contribution is 2.19. The molecule has 0 saturated carbocycles. The number of carbonyl (C=O) groups is 1. The van der Waals surface area contributed by atoms with Crippen LogP contribution < -0.4 is 5.32 Å². The van der Waals surface area contributed by atoms with Gasteiger partial charge < -0.3 is 10.3 Å².